The molecular weight excluding hydrogens is 230 g/mol. The van der Waals surface area contributed by atoms with Gasteiger partial charge in [-0.15, -0.1) is 0 Å². The molecule has 0 unspecified atom stereocenters. The number of nitrogens with one attached hydrogen (secondary N) is 1. The zero-order chi connectivity index (χ0) is 12.1. The largest absolute Gasteiger partial charge is 0.462 e. The molecule has 1 aromatic heterocycles. The van der Waals surface area contributed by atoms with Gasteiger partial charge in [-0.05, 0) is 13.8 Å². The van der Waals surface area contributed by atoms with Gasteiger partial charge in [-0.3, -0.25) is 4.79 Å². The van der Waals surface area contributed by atoms with Gasteiger partial charge in [0.2, 0.25) is 5.91 Å². The Morgan fingerprint density at radius 1 is 1.56 bits per heavy atom. The predicted molar refractivity (Wildman–Crippen MR) is 60.5 cm³/mol. The van der Waals surface area contributed by atoms with Gasteiger partial charge >= 0.3 is 5.97 Å². The van der Waals surface area contributed by atoms with Crippen molar-refractivity contribution in [2.45, 2.75) is 13.8 Å². The molecule has 0 aliphatic rings. The molecule has 0 atom stereocenters. The van der Waals surface area contributed by atoms with Gasteiger partial charge in [-0.2, -0.15) is 0 Å². The summed E-state index contributed by atoms with van der Waals surface area (Å²) in [6.45, 7) is 3.60. The molecule has 1 rings (SSSR count). The van der Waals surface area contributed by atoms with Crippen molar-refractivity contribution in [3.63, 3.8) is 0 Å². The lowest BCUT2D eigenvalue weighted by atomic mass is 10.4. The topological polar surface area (TPSA) is 94.3 Å². The number of esters is 1. The Balaban J connectivity index is 2.81. The second kappa shape index (κ2) is 5.57. The third kappa shape index (κ3) is 3.01. The number of carbonyl (C=O) groups is 2. The van der Waals surface area contributed by atoms with Crippen molar-refractivity contribution in [2.75, 3.05) is 18.5 Å². The predicted octanol–water partition coefficient (Wildman–Crippen LogP) is 0.525. The van der Waals surface area contributed by atoms with E-state index in [4.69, 9.17) is 10.5 Å². The van der Waals surface area contributed by atoms with Crippen LogP contribution in [0.4, 0.5) is 5.13 Å². The van der Waals surface area contributed by atoms with Crippen molar-refractivity contribution in [1.29, 1.82) is 0 Å². The number of aromatic nitrogens is 1. The van der Waals surface area contributed by atoms with Crippen LogP contribution in [0.5, 0.6) is 0 Å². The van der Waals surface area contributed by atoms with Gasteiger partial charge in [0.15, 0.2) is 5.13 Å². The smallest absolute Gasteiger partial charge is 0.350 e. The highest BCUT2D eigenvalue weighted by Crippen LogP contribution is 2.23. The van der Waals surface area contributed by atoms with Gasteiger partial charge in [-0.25, -0.2) is 9.78 Å². The summed E-state index contributed by atoms with van der Waals surface area (Å²) >= 11 is 1.08. The van der Waals surface area contributed by atoms with Crippen LogP contribution < -0.4 is 11.1 Å². The molecule has 0 saturated heterocycles. The number of thiazole rings is 1. The van der Waals surface area contributed by atoms with Crippen LogP contribution in [-0.2, 0) is 9.53 Å². The summed E-state index contributed by atoms with van der Waals surface area (Å²) in [7, 11) is 0. The number of nitrogens with zero attached hydrogens (tertiary/aromatic N) is 1. The van der Waals surface area contributed by atoms with Gasteiger partial charge < -0.3 is 15.8 Å². The molecule has 1 amide bonds. The molecule has 1 aromatic rings. The van der Waals surface area contributed by atoms with E-state index in [1.54, 1.807) is 13.8 Å². The minimum absolute atomic E-state index is 0.118. The summed E-state index contributed by atoms with van der Waals surface area (Å²) in [6, 6.07) is 0. The summed E-state index contributed by atoms with van der Waals surface area (Å²) in [5.41, 5.74) is 5.68. The Morgan fingerprint density at radius 3 is 2.81 bits per heavy atom. The highest BCUT2D eigenvalue weighted by atomic mass is 32.1. The van der Waals surface area contributed by atoms with E-state index in [2.05, 4.69) is 10.3 Å². The van der Waals surface area contributed by atoms with E-state index < -0.39 is 5.97 Å². The number of anilines is 1. The highest BCUT2D eigenvalue weighted by Gasteiger charge is 2.16. The summed E-state index contributed by atoms with van der Waals surface area (Å²) < 4.78 is 4.85. The third-order valence-electron chi connectivity index (χ3n) is 1.69. The molecule has 7 heteroatoms. The second-order valence-electron chi connectivity index (χ2n) is 2.91. The van der Waals surface area contributed by atoms with E-state index >= 15 is 0 Å². The summed E-state index contributed by atoms with van der Waals surface area (Å²) in [5, 5.41) is 2.84. The lowest BCUT2D eigenvalue weighted by Gasteiger charge is -1.97. The molecule has 0 bridgehead atoms. The van der Waals surface area contributed by atoms with Crippen LogP contribution in [0, 0.1) is 6.92 Å². The van der Waals surface area contributed by atoms with Crippen LogP contribution in [0.2, 0.25) is 0 Å². The van der Waals surface area contributed by atoms with Gasteiger partial charge in [0.25, 0.3) is 0 Å². The maximum absolute atomic E-state index is 11.4. The van der Waals surface area contributed by atoms with E-state index in [1.807, 2.05) is 0 Å². The molecule has 6 nitrogen and oxygen atoms in total. The number of aryl methyl sites for hydroxylation is 1. The molecule has 0 fully saturated rings. The molecule has 0 aliphatic carbocycles. The maximum atomic E-state index is 11.4. The Hall–Kier alpha value is -1.47. The number of rotatable bonds is 4. The first-order chi connectivity index (χ1) is 7.58. The number of nitrogens with two attached hydrogens (primary N) is 1. The van der Waals surface area contributed by atoms with E-state index in [0.29, 0.717) is 22.3 Å². The van der Waals surface area contributed by atoms with Gasteiger partial charge in [0.05, 0.1) is 18.8 Å². The number of hydrogen-bond acceptors (Lipinski definition) is 6. The minimum Gasteiger partial charge on any atom is -0.462 e. The zero-order valence-electron chi connectivity index (χ0n) is 9.07. The molecule has 0 radical (unpaired) electrons. The Bertz CT molecular complexity index is 403. The normalized spacial score (nSPS) is 9.94. The molecule has 1 heterocycles. The SMILES string of the molecule is CCOC(=O)c1sc(NC(=O)CN)nc1C. The summed E-state index contributed by atoms with van der Waals surface area (Å²) in [6.07, 6.45) is 0. The van der Waals surface area contributed by atoms with Gasteiger partial charge in [0, 0.05) is 0 Å². The fourth-order valence-electron chi connectivity index (χ4n) is 1.01. The molecule has 0 saturated carbocycles. The van der Waals surface area contributed by atoms with E-state index in [0.717, 1.165) is 11.3 Å². The number of carbonyl (C=O) groups excluding carboxylic acids is 2. The first-order valence-corrected chi connectivity index (χ1v) is 5.54. The quantitative estimate of drug-likeness (QED) is 0.752. The Kier molecular flexibility index (Phi) is 4.39. The van der Waals surface area contributed by atoms with Crippen molar-refractivity contribution in [2.24, 2.45) is 5.73 Å². The first-order valence-electron chi connectivity index (χ1n) is 4.73. The number of hydrogen-bond donors (Lipinski definition) is 2. The first kappa shape index (κ1) is 12.6. The van der Waals surface area contributed by atoms with Crippen LogP contribution >= 0.6 is 11.3 Å². The van der Waals surface area contributed by atoms with Gasteiger partial charge in [-0.1, -0.05) is 11.3 Å². The molecular formula is C9H13N3O3S. The fourth-order valence-corrected chi connectivity index (χ4v) is 1.88. The minimum atomic E-state index is -0.425. The molecule has 0 spiro atoms. The Morgan fingerprint density at radius 2 is 2.25 bits per heavy atom. The van der Waals surface area contributed by atoms with E-state index in [1.165, 1.54) is 0 Å². The average molecular weight is 243 g/mol. The monoisotopic (exact) mass is 243 g/mol. The maximum Gasteiger partial charge on any atom is 0.350 e. The number of amides is 1. The highest BCUT2D eigenvalue weighted by molar-refractivity contribution is 7.17. The van der Waals surface area contributed by atoms with Crippen molar-refractivity contribution in [3.8, 4) is 0 Å². The molecule has 3 N–H and O–H groups in total. The van der Waals surface area contributed by atoms with E-state index in [-0.39, 0.29) is 12.5 Å². The molecule has 88 valence electrons. The average Bonchev–Trinajstić information content (AvgIpc) is 2.59. The molecule has 0 aliphatic heterocycles. The van der Waals surface area contributed by atoms with Crippen molar-refractivity contribution < 1.29 is 14.3 Å². The summed E-state index contributed by atoms with van der Waals surface area (Å²) in [5.74, 6) is -0.769. The van der Waals surface area contributed by atoms with Crippen LogP contribution in [0.3, 0.4) is 0 Å². The zero-order valence-corrected chi connectivity index (χ0v) is 9.89. The van der Waals surface area contributed by atoms with Crippen LogP contribution in [0.1, 0.15) is 22.3 Å². The van der Waals surface area contributed by atoms with E-state index in [9.17, 15) is 9.59 Å². The van der Waals surface area contributed by atoms with Crippen LogP contribution in [0.15, 0.2) is 0 Å². The summed E-state index contributed by atoms with van der Waals surface area (Å²) in [4.78, 5) is 26.9. The molecule has 0 aromatic carbocycles. The Labute approximate surface area is 96.8 Å². The standard InChI is InChI=1S/C9H13N3O3S/c1-3-15-8(14)7-5(2)11-9(16-7)12-6(13)4-10/h3-4,10H2,1-2H3,(H,11,12,13). The third-order valence-corrected chi connectivity index (χ3v) is 2.74. The van der Waals surface area contributed by atoms with Crippen LogP contribution in [0.25, 0.3) is 0 Å². The lowest BCUT2D eigenvalue weighted by molar-refractivity contribution is -0.114. The van der Waals surface area contributed by atoms with Crippen molar-refractivity contribution in [1.82, 2.24) is 4.98 Å². The van der Waals surface area contributed by atoms with Gasteiger partial charge in [0.1, 0.15) is 4.88 Å². The lowest BCUT2D eigenvalue weighted by Crippen LogP contribution is -2.21. The van der Waals surface area contributed by atoms with Crippen molar-refractivity contribution >= 4 is 28.3 Å². The van der Waals surface area contributed by atoms with Crippen molar-refractivity contribution in [3.05, 3.63) is 10.6 Å². The number of ether oxygens (including phenoxy) is 1. The van der Waals surface area contributed by atoms with Crippen LogP contribution in [-0.4, -0.2) is 30.0 Å². The fraction of sp³-hybridized carbons (Fsp3) is 0.444. The molecule has 16 heavy (non-hydrogen) atoms. The second-order valence-corrected chi connectivity index (χ2v) is 3.91.